The van der Waals surface area contributed by atoms with Crippen LogP contribution in [0.4, 0.5) is 23.2 Å². The van der Waals surface area contributed by atoms with Crippen molar-refractivity contribution in [2.75, 3.05) is 18.4 Å². The summed E-state index contributed by atoms with van der Waals surface area (Å²) in [6.07, 6.45) is -5.08. The largest absolute Gasteiger partial charge is 0.490 e. The summed E-state index contributed by atoms with van der Waals surface area (Å²) < 4.78 is 44.4. The Hall–Kier alpha value is -1.87. The minimum atomic E-state index is -5.08. The standard InChI is InChI=1S/C10H10ClFN2O.C2HF3O2/c11-8-3-7(12)1-2-9(8)14-10(15)6-4-13-5-6;3-2(4,5)1(6)7/h1-3,6,13H,4-5H2,(H,14,15);(H,6,7). The van der Waals surface area contributed by atoms with E-state index in [1.54, 1.807) is 0 Å². The van der Waals surface area contributed by atoms with E-state index in [1.807, 2.05) is 0 Å². The normalized spacial score (nSPS) is 14.4. The molecule has 1 saturated heterocycles. The van der Waals surface area contributed by atoms with Gasteiger partial charge in [-0.2, -0.15) is 13.2 Å². The Kier molecular flexibility index (Phi) is 6.12. The summed E-state index contributed by atoms with van der Waals surface area (Å²) in [5.41, 5.74) is 0.454. The van der Waals surface area contributed by atoms with Crippen LogP contribution in [0, 0.1) is 11.7 Å². The summed E-state index contributed by atoms with van der Waals surface area (Å²) in [5.74, 6) is -3.26. The molecular formula is C12H11ClF4N2O3. The molecule has 1 fully saturated rings. The number of amides is 1. The molecule has 0 radical (unpaired) electrons. The highest BCUT2D eigenvalue weighted by Crippen LogP contribution is 2.23. The molecular weight excluding hydrogens is 332 g/mol. The van der Waals surface area contributed by atoms with Gasteiger partial charge in [0.05, 0.1) is 16.6 Å². The van der Waals surface area contributed by atoms with Crippen LogP contribution in [0.3, 0.4) is 0 Å². The van der Waals surface area contributed by atoms with E-state index in [0.29, 0.717) is 18.8 Å². The van der Waals surface area contributed by atoms with Crippen LogP contribution in [0.1, 0.15) is 0 Å². The molecule has 0 spiro atoms. The fraction of sp³-hybridized carbons (Fsp3) is 0.333. The van der Waals surface area contributed by atoms with Crippen LogP contribution in [-0.2, 0) is 9.59 Å². The number of carboxylic acid groups (broad SMARTS) is 1. The number of rotatable bonds is 2. The minimum Gasteiger partial charge on any atom is -0.475 e. The van der Waals surface area contributed by atoms with Crippen LogP contribution in [0.15, 0.2) is 18.2 Å². The predicted molar refractivity (Wildman–Crippen MR) is 70.1 cm³/mol. The van der Waals surface area contributed by atoms with Crippen LogP contribution >= 0.6 is 11.6 Å². The topological polar surface area (TPSA) is 78.4 Å². The van der Waals surface area contributed by atoms with E-state index in [-0.39, 0.29) is 16.8 Å². The molecule has 1 aliphatic heterocycles. The van der Waals surface area contributed by atoms with Gasteiger partial charge in [0.2, 0.25) is 5.91 Å². The summed E-state index contributed by atoms with van der Waals surface area (Å²) in [6.45, 7) is 1.37. The lowest BCUT2D eigenvalue weighted by Gasteiger charge is -2.25. The third kappa shape index (κ3) is 5.49. The summed E-state index contributed by atoms with van der Waals surface area (Å²) in [5, 5.41) is 13.0. The first-order chi connectivity index (χ1) is 10.1. The molecule has 0 saturated carbocycles. The fourth-order valence-electron chi connectivity index (χ4n) is 1.30. The molecule has 22 heavy (non-hydrogen) atoms. The van der Waals surface area contributed by atoms with Crippen LogP contribution < -0.4 is 10.6 Å². The number of carbonyl (C=O) groups excluding carboxylic acids is 1. The zero-order valence-electron chi connectivity index (χ0n) is 10.9. The van der Waals surface area contributed by atoms with Gasteiger partial charge in [0.15, 0.2) is 0 Å². The SMILES string of the molecule is O=C(Nc1ccc(F)cc1Cl)C1CNC1.O=C(O)C(F)(F)F. The van der Waals surface area contributed by atoms with Gasteiger partial charge >= 0.3 is 12.1 Å². The van der Waals surface area contributed by atoms with E-state index >= 15 is 0 Å². The molecule has 0 aromatic heterocycles. The molecule has 0 unspecified atom stereocenters. The Balaban J connectivity index is 0.000000295. The van der Waals surface area contributed by atoms with Gasteiger partial charge in [-0.25, -0.2) is 9.18 Å². The molecule has 1 aromatic rings. The van der Waals surface area contributed by atoms with E-state index in [9.17, 15) is 22.4 Å². The molecule has 1 aromatic carbocycles. The van der Waals surface area contributed by atoms with Crippen molar-refractivity contribution < 1.29 is 32.3 Å². The Bertz CT molecular complexity index is 562. The summed E-state index contributed by atoms with van der Waals surface area (Å²) in [7, 11) is 0. The molecule has 122 valence electrons. The van der Waals surface area contributed by atoms with Crippen molar-refractivity contribution in [1.29, 1.82) is 0 Å². The number of anilines is 1. The molecule has 0 bridgehead atoms. The number of nitrogens with one attached hydrogen (secondary N) is 2. The molecule has 3 N–H and O–H groups in total. The van der Waals surface area contributed by atoms with Gasteiger partial charge in [0.1, 0.15) is 5.82 Å². The molecule has 0 aliphatic carbocycles. The maximum Gasteiger partial charge on any atom is 0.490 e. The van der Waals surface area contributed by atoms with E-state index in [1.165, 1.54) is 18.2 Å². The number of aliphatic carboxylic acids is 1. The second-order valence-electron chi connectivity index (χ2n) is 4.27. The van der Waals surface area contributed by atoms with Crippen molar-refractivity contribution in [3.05, 3.63) is 29.0 Å². The second kappa shape index (κ2) is 7.41. The number of alkyl halides is 3. The lowest BCUT2D eigenvalue weighted by molar-refractivity contribution is -0.192. The quantitative estimate of drug-likeness (QED) is 0.720. The maximum atomic E-state index is 12.7. The van der Waals surface area contributed by atoms with Crippen LogP contribution in [0.25, 0.3) is 0 Å². The van der Waals surface area contributed by atoms with Crippen molar-refractivity contribution in [2.24, 2.45) is 5.92 Å². The van der Waals surface area contributed by atoms with E-state index in [4.69, 9.17) is 21.5 Å². The second-order valence-corrected chi connectivity index (χ2v) is 4.68. The highest BCUT2D eigenvalue weighted by molar-refractivity contribution is 6.33. The number of hydrogen-bond acceptors (Lipinski definition) is 3. The van der Waals surface area contributed by atoms with Crippen LogP contribution in [-0.4, -0.2) is 36.2 Å². The van der Waals surface area contributed by atoms with E-state index in [2.05, 4.69) is 10.6 Å². The molecule has 1 amide bonds. The van der Waals surface area contributed by atoms with Crippen molar-refractivity contribution in [2.45, 2.75) is 6.18 Å². The number of carbonyl (C=O) groups is 2. The summed E-state index contributed by atoms with van der Waals surface area (Å²) in [4.78, 5) is 20.4. The Morgan fingerprint density at radius 1 is 1.32 bits per heavy atom. The van der Waals surface area contributed by atoms with Gasteiger partial charge in [-0.15, -0.1) is 0 Å². The highest BCUT2D eigenvalue weighted by Gasteiger charge is 2.38. The third-order valence-electron chi connectivity index (χ3n) is 2.58. The van der Waals surface area contributed by atoms with Crippen molar-refractivity contribution >= 4 is 29.2 Å². The van der Waals surface area contributed by atoms with Gasteiger partial charge in [-0.1, -0.05) is 11.6 Å². The fourth-order valence-corrected chi connectivity index (χ4v) is 1.51. The number of benzene rings is 1. The van der Waals surface area contributed by atoms with Crippen molar-refractivity contribution in [1.82, 2.24) is 5.32 Å². The first kappa shape index (κ1) is 18.2. The Morgan fingerprint density at radius 3 is 2.23 bits per heavy atom. The van der Waals surface area contributed by atoms with Crippen LogP contribution in [0.2, 0.25) is 5.02 Å². The predicted octanol–water partition coefficient (Wildman–Crippen LogP) is 2.27. The van der Waals surface area contributed by atoms with Gasteiger partial charge in [-0.3, -0.25) is 4.79 Å². The van der Waals surface area contributed by atoms with E-state index in [0.717, 1.165) is 0 Å². The number of carboxylic acids is 1. The molecule has 0 atom stereocenters. The number of hydrogen-bond donors (Lipinski definition) is 3. The lowest BCUT2D eigenvalue weighted by Crippen LogP contribution is -2.48. The zero-order chi connectivity index (χ0) is 16.9. The molecule has 2 rings (SSSR count). The lowest BCUT2D eigenvalue weighted by atomic mass is 10.0. The monoisotopic (exact) mass is 342 g/mol. The van der Waals surface area contributed by atoms with Gasteiger partial charge in [-0.05, 0) is 18.2 Å². The Morgan fingerprint density at radius 2 is 1.86 bits per heavy atom. The first-order valence-corrected chi connectivity index (χ1v) is 6.26. The number of halogens is 5. The summed E-state index contributed by atoms with van der Waals surface area (Å²) >= 11 is 5.77. The van der Waals surface area contributed by atoms with Crippen molar-refractivity contribution in [3.63, 3.8) is 0 Å². The average molecular weight is 343 g/mol. The Labute approximate surface area is 127 Å². The van der Waals surface area contributed by atoms with Gasteiger partial charge in [0.25, 0.3) is 0 Å². The molecule has 1 aliphatic rings. The summed E-state index contributed by atoms with van der Waals surface area (Å²) in [6, 6.07) is 3.90. The smallest absolute Gasteiger partial charge is 0.475 e. The van der Waals surface area contributed by atoms with Crippen molar-refractivity contribution in [3.8, 4) is 0 Å². The van der Waals surface area contributed by atoms with E-state index < -0.39 is 18.0 Å². The van der Waals surface area contributed by atoms with Crippen LogP contribution in [0.5, 0.6) is 0 Å². The molecule has 5 nitrogen and oxygen atoms in total. The maximum absolute atomic E-state index is 12.7. The zero-order valence-corrected chi connectivity index (χ0v) is 11.6. The van der Waals surface area contributed by atoms with Gasteiger partial charge < -0.3 is 15.7 Å². The van der Waals surface area contributed by atoms with Gasteiger partial charge in [0, 0.05) is 13.1 Å². The third-order valence-corrected chi connectivity index (χ3v) is 2.90. The highest BCUT2D eigenvalue weighted by atomic mass is 35.5. The first-order valence-electron chi connectivity index (χ1n) is 5.88. The molecule has 10 heteroatoms. The average Bonchev–Trinajstić information content (AvgIpc) is 2.30. The minimum absolute atomic E-state index is 0.00822. The molecule has 1 heterocycles.